The Kier molecular flexibility index (Phi) is 4.97. The molecule has 3 N–H and O–H groups in total. The zero-order valence-corrected chi connectivity index (χ0v) is 14.0. The van der Waals surface area contributed by atoms with Crippen molar-refractivity contribution in [3.05, 3.63) is 40.4 Å². The molecule has 0 saturated carbocycles. The van der Waals surface area contributed by atoms with Crippen LogP contribution in [-0.2, 0) is 11.3 Å². The molecule has 1 aliphatic rings. The highest BCUT2D eigenvalue weighted by Crippen LogP contribution is 2.08. The number of aromatic nitrogens is 2. The standard InChI is InChI=1S/C17H21N5O3/c1-22(17(25)20-13-8-4-5-9-18-16(13)24)10-14-19-12-7-3-2-6-11(12)15(23)21-14/h2-3,6-7,13H,4-5,8-10H2,1H3,(H,18,24)(H,20,25)(H,19,21,23). The summed E-state index contributed by atoms with van der Waals surface area (Å²) in [6, 6.07) is 6.13. The van der Waals surface area contributed by atoms with E-state index >= 15 is 0 Å². The topological polar surface area (TPSA) is 107 Å². The average Bonchev–Trinajstić information content (AvgIpc) is 2.79. The largest absolute Gasteiger partial charge is 0.354 e. The first-order valence-electron chi connectivity index (χ1n) is 8.32. The molecule has 1 fully saturated rings. The number of aromatic amines is 1. The number of rotatable bonds is 3. The Morgan fingerprint density at radius 2 is 2.12 bits per heavy atom. The van der Waals surface area contributed by atoms with E-state index in [4.69, 9.17) is 0 Å². The highest BCUT2D eigenvalue weighted by atomic mass is 16.2. The van der Waals surface area contributed by atoms with Crippen molar-refractivity contribution < 1.29 is 9.59 Å². The number of para-hydroxylation sites is 1. The highest BCUT2D eigenvalue weighted by molar-refractivity contribution is 5.87. The fraction of sp³-hybridized carbons (Fsp3) is 0.412. The van der Waals surface area contributed by atoms with E-state index < -0.39 is 6.04 Å². The van der Waals surface area contributed by atoms with Crippen LogP contribution in [0, 0.1) is 0 Å². The second kappa shape index (κ2) is 7.33. The summed E-state index contributed by atoms with van der Waals surface area (Å²) >= 11 is 0. The number of H-pyrrole nitrogens is 1. The third-order valence-corrected chi connectivity index (χ3v) is 4.23. The number of carbonyl (C=O) groups excluding carboxylic acids is 2. The van der Waals surface area contributed by atoms with Gasteiger partial charge in [0.2, 0.25) is 5.91 Å². The van der Waals surface area contributed by atoms with Crippen molar-refractivity contribution in [1.82, 2.24) is 25.5 Å². The minimum Gasteiger partial charge on any atom is -0.354 e. The first kappa shape index (κ1) is 16.9. The molecule has 25 heavy (non-hydrogen) atoms. The number of benzene rings is 1. The fourth-order valence-corrected chi connectivity index (χ4v) is 2.84. The molecule has 0 spiro atoms. The number of nitrogens with one attached hydrogen (secondary N) is 3. The lowest BCUT2D eigenvalue weighted by Gasteiger charge is -2.21. The molecule has 3 rings (SSSR count). The van der Waals surface area contributed by atoms with Crippen LogP contribution in [0.15, 0.2) is 29.1 Å². The summed E-state index contributed by atoms with van der Waals surface area (Å²) in [5.74, 6) is 0.239. The maximum atomic E-state index is 12.3. The van der Waals surface area contributed by atoms with Gasteiger partial charge in [-0.05, 0) is 31.4 Å². The van der Waals surface area contributed by atoms with Gasteiger partial charge in [-0.1, -0.05) is 12.1 Å². The molecular formula is C17H21N5O3. The summed E-state index contributed by atoms with van der Waals surface area (Å²) in [5, 5.41) is 6.03. The van der Waals surface area contributed by atoms with Gasteiger partial charge in [0.25, 0.3) is 5.56 Å². The van der Waals surface area contributed by atoms with E-state index in [1.165, 1.54) is 4.90 Å². The molecule has 0 radical (unpaired) electrons. The second-order valence-corrected chi connectivity index (χ2v) is 6.17. The van der Waals surface area contributed by atoms with Crippen molar-refractivity contribution in [2.24, 2.45) is 0 Å². The molecule has 8 nitrogen and oxygen atoms in total. The number of carbonyl (C=O) groups is 2. The molecule has 1 atom stereocenters. The third-order valence-electron chi connectivity index (χ3n) is 4.23. The van der Waals surface area contributed by atoms with Gasteiger partial charge < -0.3 is 20.5 Å². The Morgan fingerprint density at radius 1 is 1.32 bits per heavy atom. The SMILES string of the molecule is CN(Cc1nc2ccccc2c(=O)[nH]1)C(=O)NC1CCCCNC1=O. The van der Waals surface area contributed by atoms with E-state index in [1.54, 1.807) is 31.3 Å². The first-order chi connectivity index (χ1) is 12.0. The summed E-state index contributed by atoms with van der Waals surface area (Å²) in [5.41, 5.74) is 0.343. The second-order valence-electron chi connectivity index (χ2n) is 6.17. The number of amides is 3. The number of hydrogen-bond donors (Lipinski definition) is 3. The van der Waals surface area contributed by atoms with Gasteiger partial charge in [-0.15, -0.1) is 0 Å². The van der Waals surface area contributed by atoms with Crippen LogP contribution in [0.4, 0.5) is 4.79 Å². The van der Waals surface area contributed by atoms with E-state index in [9.17, 15) is 14.4 Å². The van der Waals surface area contributed by atoms with Crippen molar-refractivity contribution in [2.45, 2.75) is 31.8 Å². The molecule has 0 aliphatic carbocycles. The monoisotopic (exact) mass is 343 g/mol. The van der Waals surface area contributed by atoms with Crippen molar-refractivity contribution in [3.63, 3.8) is 0 Å². The smallest absolute Gasteiger partial charge is 0.318 e. The predicted molar refractivity (Wildman–Crippen MR) is 93.0 cm³/mol. The Bertz CT molecular complexity index is 848. The maximum absolute atomic E-state index is 12.3. The molecule has 1 aliphatic heterocycles. The van der Waals surface area contributed by atoms with Crippen LogP contribution in [-0.4, -0.2) is 46.4 Å². The Morgan fingerprint density at radius 3 is 2.96 bits per heavy atom. The van der Waals surface area contributed by atoms with Gasteiger partial charge in [0, 0.05) is 13.6 Å². The number of nitrogens with zero attached hydrogens (tertiary/aromatic N) is 2. The fourth-order valence-electron chi connectivity index (χ4n) is 2.84. The van der Waals surface area contributed by atoms with Crippen molar-refractivity contribution in [2.75, 3.05) is 13.6 Å². The van der Waals surface area contributed by atoms with E-state index in [2.05, 4.69) is 20.6 Å². The summed E-state index contributed by atoms with van der Waals surface area (Å²) < 4.78 is 0. The maximum Gasteiger partial charge on any atom is 0.318 e. The molecule has 1 aromatic carbocycles. The molecule has 1 aromatic heterocycles. The number of fused-ring (bicyclic) bond motifs is 1. The lowest BCUT2D eigenvalue weighted by atomic mass is 10.1. The number of urea groups is 1. The van der Waals surface area contributed by atoms with Gasteiger partial charge in [-0.3, -0.25) is 9.59 Å². The van der Waals surface area contributed by atoms with E-state index in [0.717, 1.165) is 12.8 Å². The molecule has 3 amide bonds. The van der Waals surface area contributed by atoms with Crippen LogP contribution >= 0.6 is 0 Å². The van der Waals surface area contributed by atoms with Crippen LogP contribution in [0.25, 0.3) is 10.9 Å². The van der Waals surface area contributed by atoms with Gasteiger partial charge in [-0.2, -0.15) is 0 Å². The third kappa shape index (κ3) is 3.96. The Labute approximate surface area is 144 Å². The summed E-state index contributed by atoms with van der Waals surface area (Å²) in [4.78, 5) is 44.8. The van der Waals surface area contributed by atoms with E-state index in [1.807, 2.05) is 0 Å². The lowest BCUT2D eigenvalue weighted by Crippen LogP contribution is -2.49. The first-order valence-corrected chi connectivity index (χ1v) is 8.32. The summed E-state index contributed by atoms with van der Waals surface area (Å²) in [7, 11) is 1.60. The lowest BCUT2D eigenvalue weighted by molar-refractivity contribution is -0.122. The van der Waals surface area contributed by atoms with Crippen molar-refractivity contribution in [1.29, 1.82) is 0 Å². The normalized spacial score (nSPS) is 17.6. The van der Waals surface area contributed by atoms with E-state index in [-0.39, 0.29) is 24.0 Å². The summed E-state index contributed by atoms with van der Waals surface area (Å²) in [6.07, 6.45) is 2.42. The number of hydrogen-bond acceptors (Lipinski definition) is 4. The highest BCUT2D eigenvalue weighted by Gasteiger charge is 2.24. The zero-order valence-electron chi connectivity index (χ0n) is 14.0. The zero-order chi connectivity index (χ0) is 17.8. The van der Waals surface area contributed by atoms with Crippen LogP contribution in [0.1, 0.15) is 25.1 Å². The molecule has 2 aromatic rings. The molecule has 8 heteroatoms. The van der Waals surface area contributed by atoms with Crippen LogP contribution in [0.2, 0.25) is 0 Å². The van der Waals surface area contributed by atoms with Gasteiger partial charge in [0.05, 0.1) is 17.4 Å². The van der Waals surface area contributed by atoms with Crippen molar-refractivity contribution in [3.8, 4) is 0 Å². The Hall–Kier alpha value is -2.90. The van der Waals surface area contributed by atoms with Gasteiger partial charge >= 0.3 is 6.03 Å². The molecule has 2 heterocycles. The quantitative estimate of drug-likeness (QED) is 0.764. The predicted octanol–water partition coefficient (Wildman–Crippen LogP) is 0.733. The molecule has 0 bridgehead atoms. The minimum atomic E-state index is -0.527. The van der Waals surface area contributed by atoms with Crippen LogP contribution in [0.3, 0.4) is 0 Å². The summed E-state index contributed by atoms with van der Waals surface area (Å²) in [6.45, 7) is 0.781. The van der Waals surface area contributed by atoms with E-state index in [0.29, 0.717) is 29.7 Å². The van der Waals surface area contributed by atoms with Gasteiger partial charge in [-0.25, -0.2) is 9.78 Å². The molecular weight excluding hydrogens is 322 g/mol. The molecule has 1 saturated heterocycles. The molecule has 132 valence electrons. The van der Waals surface area contributed by atoms with Crippen molar-refractivity contribution >= 4 is 22.8 Å². The van der Waals surface area contributed by atoms with Gasteiger partial charge in [0.15, 0.2) is 0 Å². The van der Waals surface area contributed by atoms with Crippen LogP contribution < -0.4 is 16.2 Å². The van der Waals surface area contributed by atoms with Crippen LogP contribution in [0.5, 0.6) is 0 Å². The Balaban J connectivity index is 1.69. The minimum absolute atomic E-state index is 0.139. The average molecular weight is 343 g/mol. The van der Waals surface area contributed by atoms with Gasteiger partial charge in [0.1, 0.15) is 11.9 Å². The molecule has 1 unspecified atom stereocenters.